The first-order valence-electron chi connectivity index (χ1n) is 14.0. The van der Waals surface area contributed by atoms with Crippen LogP contribution in [0, 0.1) is 11.8 Å². The second-order valence-electron chi connectivity index (χ2n) is 11.6. The van der Waals surface area contributed by atoms with Crippen LogP contribution in [0.25, 0.3) is 10.8 Å². The molecule has 2 aliphatic carbocycles. The predicted octanol–water partition coefficient (Wildman–Crippen LogP) is 1.28. The molecule has 1 aromatic carbocycles. The number of fused-ring (bicyclic) bond motifs is 1. The Hall–Kier alpha value is -3.71. The summed E-state index contributed by atoms with van der Waals surface area (Å²) in [4.78, 5) is 45.8. The van der Waals surface area contributed by atoms with Crippen molar-refractivity contribution in [3.8, 4) is 11.6 Å². The number of carbonyl (C=O) groups is 3. The van der Waals surface area contributed by atoms with Crippen LogP contribution in [0.4, 0.5) is 0 Å². The lowest BCUT2D eigenvalue weighted by Gasteiger charge is -2.28. The largest absolute Gasteiger partial charge is 0.497 e. The van der Waals surface area contributed by atoms with Crippen molar-refractivity contribution in [2.24, 2.45) is 11.8 Å². The Morgan fingerprint density at radius 2 is 1.98 bits per heavy atom. The normalized spacial score (nSPS) is 26.0. The number of amides is 3. The molecule has 2 heterocycles. The number of nitrogens with one attached hydrogen (secondary N) is 2. The van der Waals surface area contributed by atoms with Gasteiger partial charge < -0.3 is 24.8 Å². The number of carbonyl (C=O) groups excluding carboxylic acids is 3. The van der Waals surface area contributed by atoms with E-state index < -0.39 is 68.6 Å². The second-order valence-corrected chi connectivity index (χ2v) is 13.5. The summed E-state index contributed by atoms with van der Waals surface area (Å²) in [6.07, 6.45) is 2.26. The fourth-order valence-corrected chi connectivity index (χ4v) is 6.72. The lowest BCUT2D eigenvalue weighted by atomic mass is 10.1. The van der Waals surface area contributed by atoms with Crippen LogP contribution in [0.5, 0.6) is 11.6 Å². The molecule has 226 valence electrons. The van der Waals surface area contributed by atoms with E-state index in [-0.39, 0.29) is 19.4 Å². The average molecular weight is 601 g/mol. The van der Waals surface area contributed by atoms with E-state index >= 15 is 0 Å². The summed E-state index contributed by atoms with van der Waals surface area (Å²) in [5.41, 5.74) is -1.50. The lowest BCUT2D eigenvalue weighted by molar-refractivity contribution is -0.147. The maximum atomic E-state index is 13.7. The molecular formula is C29H36N4O8S. The molecule has 3 aliphatic rings. The van der Waals surface area contributed by atoms with Crippen LogP contribution in [0.1, 0.15) is 39.5 Å². The topological polar surface area (TPSA) is 164 Å². The third kappa shape index (κ3) is 5.67. The SMILES string of the molecule is C=C[C@@H]1C[C@]1(NC(=O)[C@@H]1C[C@@H](Oc2nccc3cc(OC)ccc23)CN1C(=O)[C@@H](O)C(C)C)C(=O)NS(=O)(=O)C1CC1. The molecule has 3 fully saturated rings. The molecule has 1 saturated heterocycles. The van der Waals surface area contributed by atoms with Gasteiger partial charge in [-0.25, -0.2) is 13.4 Å². The molecule has 42 heavy (non-hydrogen) atoms. The molecule has 2 aromatic rings. The highest BCUT2D eigenvalue weighted by Gasteiger charge is 2.62. The third-order valence-electron chi connectivity index (χ3n) is 8.20. The van der Waals surface area contributed by atoms with E-state index in [1.54, 1.807) is 33.2 Å². The van der Waals surface area contributed by atoms with Crippen molar-refractivity contribution in [1.29, 1.82) is 0 Å². The van der Waals surface area contributed by atoms with Crippen molar-refractivity contribution in [3.05, 3.63) is 43.1 Å². The number of hydrogen-bond donors (Lipinski definition) is 3. The Balaban J connectivity index is 1.38. The van der Waals surface area contributed by atoms with Crippen LogP contribution in [-0.4, -0.2) is 83.8 Å². The van der Waals surface area contributed by atoms with Gasteiger partial charge in [0.05, 0.1) is 18.9 Å². The molecule has 5 atom stereocenters. The van der Waals surface area contributed by atoms with E-state index in [2.05, 4.69) is 21.6 Å². The first kappa shape index (κ1) is 29.8. The van der Waals surface area contributed by atoms with Gasteiger partial charge in [0.15, 0.2) is 0 Å². The van der Waals surface area contributed by atoms with Gasteiger partial charge in [0.1, 0.15) is 29.5 Å². The molecule has 12 nitrogen and oxygen atoms in total. The van der Waals surface area contributed by atoms with Crippen molar-refractivity contribution >= 4 is 38.5 Å². The first-order valence-corrected chi connectivity index (χ1v) is 15.5. The van der Waals surface area contributed by atoms with Crippen molar-refractivity contribution in [2.75, 3.05) is 13.7 Å². The number of sulfonamides is 1. The Labute approximate surface area is 244 Å². The number of pyridine rings is 1. The molecular weight excluding hydrogens is 564 g/mol. The monoisotopic (exact) mass is 600 g/mol. The van der Waals surface area contributed by atoms with Crippen molar-refractivity contribution in [1.82, 2.24) is 19.9 Å². The zero-order chi connectivity index (χ0) is 30.4. The van der Waals surface area contributed by atoms with Crippen LogP contribution in [0.2, 0.25) is 0 Å². The molecule has 5 rings (SSSR count). The lowest BCUT2D eigenvalue weighted by Crippen LogP contribution is -2.57. The second kappa shape index (κ2) is 11.2. The van der Waals surface area contributed by atoms with Gasteiger partial charge in [-0.2, -0.15) is 0 Å². The van der Waals surface area contributed by atoms with Crippen LogP contribution < -0.4 is 19.5 Å². The van der Waals surface area contributed by atoms with Gasteiger partial charge in [-0.1, -0.05) is 19.9 Å². The summed E-state index contributed by atoms with van der Waals surface area (Å²) in [5.74, 6) is -2.03. The third-order valence-corrected chi connectivity index (χ3v) is 10.0. The summed E-state index contributed by atoms with van der Waals surface area (Å²) in [5, 5.41) is 14.2. The number of ether oxygens (including phenoxy) is 2. The van der Waals surface area contributed by atoms with Gasteiger partial charge in [0, 0.05) is 23.9 Å². The molecule has 0 spiro atoms. The summed E-state index contributed by atoms with van der Waals surface area (Å²) < 4.78 is 38.6. The Morgan fingerprint density at radius 1 is 1.24 bits per heavy atom. The minimum Gasteiger partial charge on any atom is -0.497 e. The summed E-state index contributed by atoms with van der Waals surface area (Å²) in [6.45, 7) is 7.09. The fraction of sp³-hybridized carbons (Fsp3) is 0.517. The van der Waals surface area contributed by atoms with Crippen LogP contribution in [0.3, 0.4) is 0 Å². The maximum Gasteiger partial charge on any atom is 0.259 e. The van der Waals surface area contributed by atoms with Crippen LogP contribution in [-0.2, 0) is 24.4 Å². The quantitative estimate of drug-likeness (QED) is 0.322. The molecule has 3 amide bonds. The average Bonchev–Trinajstić information content (AvgIpc) is 3.89. The van der Waals surface area contributed by atoms with Gasteiger partial charge in [-0.05, 0) is 54.8 Å². The number of aromatic nitrogens is 1. The molecule has 3 N–H and O–H groups in total. The van der Waals surface area contributed by atoms with Crippen molar-refractivity contribution in [2.45, 2.75) is 68.6 Å². The van der Waals surface area contributed by atoms with E-state index in [0.717, 1.165) is 5.39 Å². The van der Waals surface area contributed by atoms with Crippen LogP contribution in [0.15, 0.2) is 43.1 Å². The van der Waals surface area contributed by atoms with E-state index in [0.29, 0.717) is 29.9 Å². The molecule has 0 unspecified atom stereocenters. The van der Waals surface area contributed by atoms with Gasteiger partial charge in [-0.15, -0.1) is 6.58 Å². The highest BCUT2D eigenvalue weighted by molar-refractivity contribution is 7.91. The van der Waals surface area contributed by atoms with E-state index in [1.165, 1.54) is 11.0 Å². The molecule has 1 aromatic heterocycles. The number of aliphatic hydroxyl groups is 1. The molecule has 0 bridgehead atoms. The fourth-order valence-electron chi connectivity index (χ4n) is 5.36. The van der Waals surface area contributed by atoms with Gasteiger partial charge in [0.2, 0.25) is 21.8 Å². The number of methoxy groups -OCH3 is 1. The van der Waals surface area contributed by atoms with E-state index in [4.69, 9.17) is 9.47 Å². The standard InChI is InChI=1S/C29H36N4O8S/c1-5-18-14-29(18,28(37)32-42(38,39)21-7-8-21)31-25(35)23-13-20(15-33(23)27(36)24(34)16(2)3)41-26-22-9-6-19(40-4)12-17(22)10-11-30-26/h5-6,9-12,16,18,20-21,23-24,34H,1,7-8,13-15H2,2-4H3,(H,31,35)(H,32,37)/t18-,20-,23+,24+,29-/m1/s1. The number of nitrogens with zero attached hydrogens (tertiary/aromatic N) is 2. The molecule has 0 radical (unpaired) electrons. The Morgan fingerprint density at radius 3 is 2.60 bits per heavy atom. The van der Waals surface area contributed by atoms with Gasteiger partial charge in [-0.3, -0.25) is 19.1 Å². The first-order chi connectivity index (χ1) is 19.9. The maximum absolute atomic E-state index is 13.7. The Bertz CT molecular complexity index is 1520. The highest BCUT2D eigenvalue weighted by Crippen LogP contribution is 2.45. The minimum absolute atomic E-state index is 0.00490. The number of rotatable bonds is 11. The van der Waals surface area contributed by atoms with Gasteiger partial charge in [0.25, 0.3) is 11.8 Å². The zero-order valence-electron chi connectivity index (χ0n) is 23.8. The number of benzene rings is 1. The minimum atomic E-state index is -3.84. The zero-order valence-corrected chi connectivity index (χ0v) is 24.6. The van der Waals surface area contributed by atoms with E-state index in [9.17, 15) is 27.9 Å². The van der Waals surface area contributed by atoms with E-state index in [1.807, 2.05) is 18.2 Å². The molecule has 1 aliphatic heterocycles. The highest BCUT2D eigenvalue weighted by atomic mass is 32.2. The summed E-state index contributed by atoms with van der Waals surface area (Å²) in [6, 6.07) is 6.15. The number of likely N-dealkylation sites (tertiary alicyclic amines) is 1. The molecule has 2 saturated carbocycles. The number of aliphatic hydroxyl groups excluding tert-OH is 1. The predicted molar refractivity (Wildman–Crippen MR) is 153 cm³/mol. The Kier molecular flexibility index (Phi) is 7.92. The van der Waals surface area contributed by atoms with Gasteiger partial charge >= 0.3 is 0 Å². The smallest absolute Gasteiger partial charge is 0.259 e. The van der Waals surface area contributed by atoms with Crippen molar-refractivity contribution < 1.29 is 37.4 Å². The number of hydrogen-bond acceptors (Lipinski definition) is 9. The summed E-state index contributed by atoms with van der Waals surface area (Å²) in [7, 11) is -2.28. The molecule has 13 heteroatoms. The van der Waals surface area contributed by atoms with Crippen molar-refractivity contribution in [3.63, 3.8) is 0 Å². The van der Waals surface area contributed by atoms with Crippen LogP contribution >= 0.6 is 0 Å². The summed E-state index contributed by atoms with van der Waals surface area (Å²) >= 11 is 0.